The van der Waals surface area contributed by atoms with E-state index in [1.165, 1.54) is 0 Å². The first-order chi connectivity index (χ1) is 13.8. The highest BCUT2D eigenvalue weighted by atomic mass is 16.6. The monoisotopic (exact) mass is 405 g/mol. The van der Waals surface area contributed by atoms with Crippen LogP contribution in [0.25, 0.3) is 0 Å². The van der Waals surface area contributed by atoms with E-state index in [2.05, 4.69) is 37.9 Å². The summed E-state index contributed by atoms with van der Waals surface area (Å²) in [5, 5.41) is 3.51. The van der Waals surface area contributed by atoms with Gasteiger partial charge in [-0.15, -0.1) is 0 Å². The molecular formula is C22H39N5O2. The number of guanidine groups is 1. The Balaban J connectivity index is 1.64. The molecule has 0 aromatic carbocycles. The molecule has 1 aliphatic rings. The molecule has 1 aromatic heterocycles. The SMILES string of the molecule is CN=C(NCCCCCCC(=O)OC(C)(C)C)N1CCC(C)C(n2ccnc2)C1. The van der Waals surface area contributed by atoms with E-state index in [0.717, 1.165) is 57.7 Å². The zero-order valence-corrected chi connectivity index (χ0v) is 18.9. The minimum absolute atomic E-state index is 0.0946. The number of nitrogens with one attached hydrogen (secondary N) is 1. The maximum absolute atomic E-state index is 11.7. The van der Waals surface area contributed by atoms with Crippen LogP contribution in [0.2, 0.25) is 0 Å². The molecule has 0 saturated carbocycles. The van der Waals surface area contributed by atoms with E-state index in [1.807, 2.05) is 40.3 Å². The van der Waals surface area contributed by atoms with Crippen molar-refractivity contribution in [1.29, 1.82) is 0 Å². The van der Waals surface area contributed by atoms with E-state index in [0.29, 0.717) is 18.4 Å². The number of likely N-dealkylation sites (tertiary alicyclic amines) is 1. The largest absolute Gasteiger partial charge is 0.460 e. The van der Waals surface area contributed by atoms with E-state index in [4.69, 9.17) is 4.74 Å². The number of piperidine rings is 1. The Hall–Kier alpha value is -2.05. The first-order valence-corrected chi connectivity index (χ1v) is 10.9. The normalized spacial score (nSPS) is 20.6. The van der Waals surface area contributed by atoms with Crippen LogP contribution in [0, 0.1) is 5.92 Å². The fraction of sp³-hybridized carbons (Fsp3) is 0.773. The molecule has 1 fully saturated rings. The minimum Gasteiger partial charge on any atom is -0.460 e. The van der Waals surface area contributed by atoms with Gasteiger partial charge in [0.15, 0.2) is 5.96 Å². The number of carbonyl (C=O) groups excluding carboxylic acids is 1. The van der Waals surface area contributed by atoms with Crippen molar-refractivity contribution in [3.8, 4) is 0 Å². The molecule has 1 N–H and O–H groups in total. The molecule has 2 atom stereocenters. The molecule has 0 amide bonds. The number of aliphatic imine (C=N–C) groups is 1. The lowest BCUT2D eigenvalue weighted by molar-refractivity contribution is -0.154. The molecule has 1 saturated heterocycles. The Morgan fingerprint density at radius 3 is 2.69 bits per heavy atom. The lowest BCUT2D eigenvalue weighted by Gasteiger charge is -2.39. The van der Waals surface area contributed by atoms with Crippen molar-refractivity contribution in [3.05, 3.63) is 18.7 Å². The van der Waals surface area contributed by atoms with Gasteiger partial charge in [0.2, 0.25) is 0 Å². The Kier molecular flexibility index (Phi) is 8.99. The lowest BCUT2D eigenvalue weighted by atomic mass is 9.93. The molecule has 1 aromatic rings. The third kappa shape index (κ3) is 8.07. The number of nitrogens with zero attached hydrogens (tertiary/aromatic N) is 4. The number of ether oxygens (including phenoxy) is 1. The van der Waals surface area contributed by atoms with Crippen LogP contribution in [0.4, 0.5) is 0 Å². The van der Waals surface area contributed by atoms with Crippen LogP contribution in [0.15, 0.2) is 23.7 Å². The van der Waals surface area contributed by atoms with Crippen molar-refractivity contribution >= 4 is 11.9 Å². The molecule has 2 rings (SSSR count). The number of unbranched alkanes of at least 4 members (excludes halogenated alkanes) is 3. The molecule has 7 heteroatoms. The van der Waals surface area contributed by atoms with Crippen LogP contribution >= 0.6 is 0 Å². The maximum atomic E-state index is 11.7. The quantitative estimate of drug-likeness (QED) is 0.309. The molecule has 1 aliphatic heterocycles. The summed E-state index contributed by atoms with van der Waals surface area (Å²) in [6.45, 7) is 10.9. The van der Waals surface area contributed by atoms with Crippen molar-refractivity contribution in [2.24, 2.45) is 10.9 Å². The average Bonchev–Trinajstić information content (AvgIpc) is 3.18. The van der Waals surface area contributed by atoms with Crippen molar-refractivity contribution in [2.75, 3.05) is 26.7 Å². The predicted octanol–water partition coefficient (Wildman–Crippen LogP) is 3.63. The summed E-state index contributed by atoms with van der Waals surface area (Å²) < 4.78 is 7.56. The summed E-state index contributed by atoms with van der Waals surface area (Å²) in [6, 6.07) is 0.428. The number of hydrogen-bond donors (Lipinski definition) is 1. The minimum atomic E-state index is -0.389. The average molecular weight is 406 g/mol. The highest BCUT2D eigenvalue weighted by Gasteiger charge is 2.28. The van der Waals surface area contributed by atoms with E-state index in [1.54, 1.807) is 0 Å². The number of carbonyl (C=O) groups is 1. The summed E-state index contributed by atoms with van der Waals surface area (Å²) in [5.41, 5.74) is -0.389. The summed E-state index contributed by atoms with van der Waals surface area (Å²) in [5.74, 6) is 1.52. The Morgan fingerprint density at radius 1 is 1.28 bits per heavy atom. The number of hydrogen-bond acceptors (Lipinski definition) is 4. The van der Waals surface area contributed by atoms with Crippen LogP contribution in [0.5, 0.6) is 0 Å². The highest BCUT2D eigenvalue weighted by molar-refractivity contribution is 5.80. The molecule has 7 nitrogen and oxygen atoms in total. The smallest absolute Gasteiger partial charge is 0.306 e. The Morgan fingerprint density at radius 2 is 2.03 bits per heavy atom. The van der Waals surface area contributed by atoms with Crippen molar-refractivity contribution in [2.45, 2.75) is 77.9 Å². The second kappa shape index (κ2) is 11.2. The van der Waals surface area contributed by atoms with E-state index in [9.17, 15) is 4.79 Å². The molecule has 164 valence electrons. The second-order valence-corrected chi connectivity index (χ2v) is 9.01. The van der Waals surface area contributed by atoms with Gasteiger partial charge < -0.3 is 19.5 Å². The standard InChI is InChI=1S/C22H39N5O2/c1-18-11-14-26(16-19(18)27-15-13-24-17-27)21(23-5)25-12-9-7-6-8-10-20(28)29-22(2,3)4/h13,15,17-19H,6-12,14,16H2,1-5H3,(H,23,25). The van der Waals surface area contributed by atoms with Crippen LogP contribution in [0.1, 0.15) is 72.3 Å². The van der Waals surface area contributed by atoms with Gasteiger partial charge in [-0.05, 0) is 46.0 Å². The van der Waals surface area contributed by atoms with Gasteiger partial charge in [0.1, 0.15) is 5.60 Å². The molecular weight excluding hydrogens is 366 g/mol. The summed E-state index contributed by atoms with van der Waals surface area (Å²) in [7, 11) is 1.85. The molecule has 2 heterocycles. The number of rotatable bonds is 8. The van der Waals surface area contributed by atoms with E-state index >= 15 is 0 Å². The summed E-state index contributed by atoms with van der Waals surface area (Å²) >= 11 is 0. The highest BCUT2D eigenvalue weighted by Crippen LogP contribution is 2.27. The van der Waals surface area contributed by atoms with E-state index < -0.39 is 0 Å². The lowest BCUT2D eigenvalue weighted by Crippen LogP contribution is -2.49. The molecule has 0 spiro atoms. The van der Waals surface area contributed by atoms with Gasteiger partial charge in [-0.25, -0.2) is 4.98 Å². The van der Waals surface area contributed by atoms with E-state index in [-0.39, 0.29) is 11.6 Å². The number of esters is 1. The topological polar surface area (TPSA) is 71.8 Å². The second-order valence-electron chi connectivity index (χ2n) is 9.01. The van der Waals surface area contributed by atoms with Gasteiger partial charge in [0.05, 0.1) is 12.4 Å². The molecule has 2 unspecified atom stereocenters. The van der Waals surface area contributed by atoms with Crippen LogP contribution in [-0.2, 0) is 9.53 Å². The summed E-state index contributed by atoms with van der Waals surface area (Å²) in [6.07, 6.45) is 11.6. The van der Waals surface area contributed by atoms with Gasteiger partial charge in [0.25, 0.3) is 0 Å². The van der Waals surface area contributed by atoms with Crippen LogP contribution in [0.3, 0.4) is 0 Å². The fourth-order valence-corrected chi connectivity index (χ4v) is 3.77. The summed E-state index contributed by atoms with van der Waals surface area (Å²) in [4.78, 5) is 22.8. The van der Waals surface area contributed by atoms with Crippen molar-refractivity contribution < 1.29 is 9.53 Å². The molecule has 0 radical (unpaired) electrons. The van der Waals surface area contributed by atoms with Gasteiger partial charge in [-0.3, -0.25) is 9.79 Å². The zero-order chi connectivity index (χ0) is 21.3. The fourth-order valence-electron chi connectivity index (χ4n) is 3.77. The van der Waals surface area contributed by atoms with Crippen LogP contribution in [-0.4, -0.2) is 58.7 Å². The van der Waals surface area contributed by atoms with Gasteiger partial charge in [-0.1, -0.05) is 19.8 Å². The predicted molar refractivity (Wildman–Crippen MR) is 117 cm³/mol. The van der Waals surface area contributed by atoms with Crippen molar-refractivity contribution in [1.82, 2.24) is 19.8 Å². The van der Waals surface area contributed by atoms with Crippen LogP contribution < -0.4 is 5.32 Å². The third-order valence-corrected chi connectivity index (χ3v) is 5.35. The molecule has 0 aliphatic carbocycles. The zero-order valence-electron chi connectivity index (χ0n) is 18.9. The Bertz CT molecular complexity index is 636. The first kappa shape index (κ1) is 23.2. The number of imidazole rings is 1. The Labute approximate surface area is 175 Å². The number of aromatic nitrogens is 2. The van der Waals surface area contributed by atoms with Gasteiger partial charge in [0, 0.05) is 45.5 Å². The first-order valence-electron chi connectivity index (χ1n) is 10.9. The molecule has 0 bridgehead atoms. The van der Waals surface area contributed by atoms with Crippen molar-refractivity contribution in [3.63, 3.8) is 0 Å². The van der Waals surface area contributed by atoms with Gasteiger partial charge >= 0.3 is 5.97 Å². The third-order valence-electron chi connectivity index (χ3n) is 5.35. The molecule has 29 heavy (non-hydrogen) atoms. The van der Waals surface area contributed by atoms with Gasteiger partial charge in [-0.2, -0.15) is 0 Å². The maximum Gasteiger partial charge on any atom is 0.306 e.